The normalized spacial score (nSPS) is 10.5. The van der Waals surface area contributed by atoms with Crippen LogP contribution in [0, 0.1) is 10.1 Å². The van der Waals surface area contributed by atoms with Crippen molar-refractivity contribution in [3.8, 4) is 0 Å². The Balaban J connectivity index is 1.69. The van der Waals surface area contributed by atoms with Crippen molar-refractivity contribution in [2.75, 3.05) is 10.6 Å². The molecule has 0 aliphatic rings. The van der Waals surface area contributed by atoms with Crippen LogP contribution in [-0.2, 0) is 0 Å². The first kappa shape index (κ1) is 16.5. The maximum absolute atomic E-state index is 10.8. The van der Waals surface area contributed by atoms with Gasteiger partial charge in [0, 0.05) is 28.9 Å². The van der Waals surface area contributed by atoms with Crippen LogP contribution < -0.4 is 10.6 Å². The standard InChI is InChI=1S/C20H15N5O2/c26-25(27)16-12-10-15(11-13-16)22-20-23-18-9-5-4-8-17(18)19(24-20)21-14-6-2-1-3-7-14/h1-13H,(H2,21,22,23,24). The molecule has 1 heterocycles. The third-order valence-electron chi connectivity index (χ3n) is 3.97. The lowest BCUT2D eigenvalue weighted by molar-refractivity contribution is -0.384. The van der Waals surface area contributed by atoms with E-state index in [2.05, 4.69) is 20.6 Å². The summed E-state index contributed by atoms with van der Waals surface area (Å²) in [5.41, 5.74) is 2.41. The Kier molecular flexibility index (Phi) is 4.32. The number of nitrogens with zero attached hydrogens (tertiary/aromatic N) is 3. The van der Waals surface area contributed by atoms with Gasteiger partial charge in [0.1, 0.15) is 5.82 Å². The molecule has 1 aromatic heterocycles. The molecule has 0 fully saturated rings. The van der Waals surface area contributed by atoms with Crippen molar-refractivity contribution in [3.05, 3.63) is 89.0 Å². The average molecular weight is 357 g/mol. The van der Waals surface area contributed by atoms with Gasteiger partial charge in [0.05, 0.1) is 10.4 Å². The lowest BCUT2D eigenvalue weighted by Gasteiger charge is -2.12. The summed E-state index contributed by atoms with van der Waals surface area (Å²) in [7, 11) is 0. The molecule has 4 rings (SSSR count). The summed E-state index contributed by atoms with van der Waals surface area (Å²) in [6, 6.07) is 23.6. The second-order valence-electron chi connectivity index (χ2n) is 5.83. The number of non-ortho nitro benzene ring substituents is 1. The van der Waals surface area contributed by atoms with E-state index in [1.54, 1.807) is 12.1 Å². The fourth-order valence-corrected chi connectivity index (χ4v) is 2.68. The molecule has 0 amide bonds. The van der Waals surface area contributed by atoms with E-state index in [-0.39, 0.29) is 5.69 Å². The minimum absolute atomic E-state index is 0.0337. The number of anilines is 4. The highest BCUT2D eigenvalue weighted by Crippen LogP contribution is 2.26. The van der Waals surface area contributed by atoms with Crippen molar-refractivity contribution in [2.24, 2.45) is 0 Å². The molecule has 0 spiro atoms. The van der Waals surface area contributed by atoms with Gasteiger partial charge in [0.25, 0.3) is 5.69 Å². The Morgan fingerprint density at radius 3 is 2.15 bits per heavy atom. The van der Waals surface area contributed by atoms with Crippen LogP contribution in [0.4, 0.5) is 28.8 Å². The second-order valence-corrected chi connectivity index (χ2v) is 5.83. The van der Waals surface area contributed by atoms with E-state index in [1.807, 2.05) is 54.6 Å². The third-order valence-corrected chi connectivity index (χ3v) is 3.97. The van der Waals surface area contributed by atoms with Gasteiger partial charge in [-0.1, -0.05) is 30.3 Å². The fourth-order valence-electron chi connectivity index (χ4n) is 2.68. The highest BCUT2D eigenvalue weighted by molar-refractivity contribution is 5.92. The van der Waals surface area contributed by atoms with E-state index >= 15 is 0 Å². The van der Waals surface area contributed by atoms with Gasteiger partial charge in [-0.05, 0) is 36.4 Å². The van der Waals surface area contributed by atoms with Crippen molar-refractivity contribution in [1.82, 2.24) is 9.97 Å². The van der Waals surface area contributed by atoms with Gasteiger partial charge in [-0.25, -0.2) is 4.98 Å². The molecule has 7 nitrogen and oxygen atoms in total. The highest BCUT2D eigenvalue weighted by Gasteiger charge is 2.09. The number of aromatic nitrogens is 2. The minimum atomic E-state index is -0.432. The molecule has 4 aromatic rings. The predicted octanol–water partition coefficient (Wildman–Crippen LogP) is 5.03. The van der Waals surface area contributed by atoms with Crippen molar-refractivity contribution in [1.29, 1.82) is 0 Å². The first-order valence-corrected chi connectivity index (χ1v) is 8.29. The zero-order valence-corrected chi connectivity index (χ0v) is 14.2. The molecule has 0 saturated heterocycles. The van der Waals surface area contributed by atoms with E-state index < -0.39 is 4.92 Å². The molecule has 7 heteroatoms. The van der Waals surface area contributed by atoms with Crippen molar-refractivity contribution in [3.63, 3.8) is 0 Å². The van der Waals surface area contributed by atoms with Gasteiger partial charge in [0.2, 0.25) is 5.95 Å². The Bertz CT molecular complexity index is 1100. The monoisotopic (exact) mass is 357 g/mol. The molecule has 0 bridgehead atoms. The number of nitrogens with one attached hydrogen (secondary N) is 2. The zero-order valence-electron chi connectivity index (χ0n) is 14.2. The number of para-hydroxylation sites is 2. The number of rotatable bonds is 5. The largest absolute Gasteiger partial charge is 0.340 e. The molecule has 0 unspecified atom stereocenters. The smallest absolute Gasteiger partial charge is 0.269 e. The molecule has 3 aromatic carbocycles. The van der Waals surface area contributed by atoms with Gasteiger partial charge in [-0.15, -0.1) is 0 Å². The molecule has 27 heavy (non-hydrogen) atoms. The molecule has 2 N–H and O–H groups in total. The van der Waals surface area contributed by atoms with Crippen LogP contribution in [0.3, 0.4) is 0 Å². The lowest BCUT2D eigenvalue weighted by atomic mass is 10.2. The molecule has 132 valence electrons. The topological polar surface area (TPSA) is 93.0 Å². The molecular weight excluding hydrogens is 342 g/mol. The molecule has 0 atom stereocenters. The predicted molar refractivity (Wildman–Crippen MR) is 106 cm³/mol. The maximum Gasteiger partial charge on any atom is 0.269 e. The van der Waals surface area contributed by atoms with E-state index in [4.69, 9.17) is 0 Å². The SMILES string of the molecule is O=[N+]([O-])c1ccc(Nc2nc(Nc3ccccc3)c3ccccc3n2)cc1. The Hall–Kier alpha value is -4.00. The first-order valence-electron chi connectivity index (χ1n) is 8.29. The Morgan fingerprint density at radius 1 is 0.741 bits per heavy atom. The highest BCUT2D eigenvalue weighted by atomic mass is 16.6. The van der Waals surface area contributed by atoms with Crippen LogP contribution in [0.1, 0.15) is 0 Å². The number of nitro groups is 1. The van der Waals surface area contributed by atoms with E-state index in [1.165, 1.54) is 12.1 Å². The van der Waals surface area contributed by atoms with Crippen molar-refractivity contribution < 1.29 is 4.92 Å². The van der Waals surface area contributed by atoms with Gasteiger partial charge >= 0.3 is 0 Å². The van der Waals surface area contributed by atoms with E-state index in [0.29, 0.717) is 17.5 Å². The Labute approximate surface area is 154 Å². The summed E-state index contributed by atoms with van der Waals surface area (Å²) in [5, 5.41) is 18.1. The zero-order chi connectivity index (χ0) is 18.6. The van der Waals surface area contributed by atoms with Crippen LogP contribution in [-0.4, -0.2) is 14.9 Å². The Morgan fingerprint density at radius 2 is 1.41 bits per heavy atom. The molecular formula is C20H15N5O2. The molecule has 0 aliphatic heterocycles. The van der Waals surface area contributed by atoms with Gasteiger partial charge in [-0.3, -0.25) is 10.1 Å². The van der Waals surface area contributed by atoms with E-state index in [0.717, 1.165) is 16.6 Å². The first-order chi connectivity index (χ1) is 13.2. The summed E-state index contributed by atoms with van der Waals surface area (Å²) in [6.07, 6.45) is 0. The van der Waals surface area contributed by atoms with E-state index in [9.17, 15) is 10.1 Å². The van der Waals surface area contributed by atoms with Crippen LogP contribution in [0.25, 0.3) is 10.9 Å². The van der Waals surface area contributed by atoms with Gasteiger partial charge < -0.3 is 10.6 Å². The molecule has 0 saturated carbocycles. The summed E-state index contributed by atoms with van der Waals surface area (Å²) < 4.78 is 0. The van der Waals surface area contributed by atoms with Gasteiger partial charge in [-0.2, -0.15) is 4.98 Å². The number of hydrogen-bond acceptors (Lipinski definition) is 6. The molecule has 0 radical (unpaired) electrons. The van der Waals surface area contributed by atoms with Crippen molar-refractivity contribution in [2.45, 2.75) is 0 Å². The molecule has 0 aliphatic carbocycles. The van der Waals surface area contributed by atoms with Crippen molar-refractivity contribution >= 4 is 39.7 Å². The quantitative estimate of drug-likeness (QED) is 0.384. The van der Waals surface area contributed by atoms with Crippen LogP contribution in [0.15, 0.2) is 78.9 Å². The summed E-state index contributed by atoms with van der Waals surface area (Å²) in [5.74, 6) is 1.08. The number of benzene rings is 3. The van der Waals surface area contributed by atoms with Gasteiger partial charge in [0.15, 0.2) is 0 Å². The second kappa shape index (κ2) is 7.09. The summed E-state index contributed by atoms with van der Waals surface area (Å²) in [4.78, 5) is 19.5. The lowest BCUT2D eigenvalue weighted by Crippen LogP contribution is -2.02. The van der Waals surface area contributed by atoms with Crippen LogP contribution >= 0.6 is 0 Å². The number of hydrogen-bond donors (Lipinski definition) is 2. The fraction of sp³-hybridized carbons (Fsp3) is 0. The minimum Gasteiger partial charge on any atom is -0.340 e. The summed E-state index contributed by atoms with van der Waals surface area (Å²) in [6.45, 7) is 0. The number of nitro benzene ring substituents is 1. The maximum atomic E-state index is 10.8. The number of fused-ring (bicyclic) bond motifs is 1. The summed E-state index contributed by atoms with van der Waals surface area (Å²) >= 11 is 0. The average Bonchev–Trinajstić information content (AvgIpc) is 2.69. The van der Waals surface area contributed by atoms with Crippen LogP contribution in [0.5, 0.6) is 0 Å². The third kappa shape index (κ3) is 3.67. The van der Waals surface area contributed by atoms with Crippen LogP contribution in [0.2, 0.25) is 0 Å².